The summed E-state index contributed by atoms with van der Waals surface area (Å²) in [5.41, 5.74) is 3.67. The number of anilines is 1. The fourth-order valence-corrected chi connectivity index (χ4v) is 9.72. The van der Waals surface area contributed by atoms with E-state index in [9.17, 15) is 5.11 Å². The molecule has 2 bridgehead atoms. The van der Waals surface area contributed by atoms with E-state index in [4.69, 9.17) is 19.7 Å². The molecule has 2 aromatic heterocycles. The number of nitrogens with zero attached hydrogens (tertiary/aromatic N) is 5. The maximum atomic E-state index is 17.0. The molecule has 2 aromatic carbocycles. The van der Waals surface area contributed by atoms with Gasteiger partial charge in [-0.15, -0.1) is 0 Å². The van der Waals surface area contributed by atoms with Crippen LogP contribution in [-0.4, -0.2) is 75.4 Å². The third-order valence-corrected chi connectivity index (χ3v) is 11.8. The second kappa shape index (κ2) is 9.23. The minimum atomic E-state index is -0.486. The summed E-state index contributed by atoms with van der Waals surface area (Å²) in [7, 11) is 0. The van der Waals surface area contributed by atoms with Gasteiger partial charge >= 0.3 is 6.01 Å². The Morgan fingerprint density at radius 3 is 2.84 bits per heavy atom. The van der Waals surface area contributed by atoms with Gasteiger partial charge in [-0.05, 0) is 104 Å². The highest BCUT2D eigenvalue weighted by molar-refractivity contribution is 6.02. The summed E-state index contributed by atoms with van der Waals surface area (Å²) in [5, 5.41) is 16.9. The molecule has 4 saturated heterocycles. The van der Waals surface area contributed by atoms with Crippen LogP contribution in [0.2, 0.25) is 0 Å². The van der Waals surface area contributed by atoms with Crippen molar-refractivity contribution in [3.63, 3.8) is 0 Å². The molecule has 5 fully saturated rings. The highest BCUT2D eigenvalue weighted by Gasteiger charge is 2.63. The number of phenolic OH excluding ortho intramolecular Hbond substituents is 1. The van der Waals surface area contributed by atoms with E-state index >= 15 is 4.39 Å². The number of aryl methyl sites for hydroxylation is 2. The molecular formula is C35H37FN6O2. The first-order valence-electron chi connectivity index (χ1n) is 16.6. The van der Waals surface area contributed by atoms with Crippen molar-refractivity contribution in [1.82, 2.24) is 25.2 Å². The summed E-state index contributed by atoms with van der Waals surface area (Å²) in [5.74, 6) is 1.82. The number of nitrogens with one attached hydrogen (secondary N) is 1. The first-order chi connectivity index (χ1) is 21.5. The fraction of sp³-hybridized carbons (Fsp3) is 0.514. The number of fused-ring (bicyclic) bond motifs is 9. The van der Waals surface area contributed by atoms with Gasteiger partial charge in [0, 0.05) is 43.5 Å². The number of hydrogen-bond acceptors (Lipinski definition) is 8. The van der Waals surface area contributed by atoms with Crippen LogP contribution in [0.4, 0.5) is 10.2 Å². The van der Waals surface area contributed by atoms with Crippen molar-refractivity contribution >= 4 is 27.5 Å². The zero-order valence-electron chi connectivity index (χ0n) is 24.9. The Balaban J connectivity index is 1.12. The molecule has 4 aliphatic heterocycles. The Hall–Kier alpha value is -3.56. The Morgan fingerprint density at radius 1 is 1.07 bits per heavy atom. The normalized spacial score (nSPS) is 30.2. The van der Waals surface area contributed by atoms with Crippen LogP contribution in [-0.2, 0) is 12.8 Å². The number of phenols is 1. The van der Waals surface area contributed by atoms with E-state index in [1.165, 1.54) is 30.5 Å². The maximum absolute atomic E-state index is 17.0. The van der Waals surface area contributed by atoms with Crippen molar-refractivity contribution in [3.05, 3.63) is 47.4 Å². The summed E-state index contributed by atoms with van der Waals surface area (Å²) in [6.45, 7) is 4.49. The van der Waals surface area contributed by atoms with Gasteiger partial charge < -0.3 is 20.1 Å². The van der Waals surface area contributed by atoms with E-state index in [2.05, 4.69) is 21.2 Å². The Morgan fingerprint density at radius 2 is 1.95 bits per heavy atom. The number of piperazine rings is 1. The largest absolute Gasteiger partial charge is 0.508 e. The summed E-state index contributed by atoms with van der Waals surface area (Å²) in [6, 6.07) is 8.65. The number of piperidine rings is 1. The first-order valence-corrected chi connectivity index (χ1v) is 16.6. The van der Waals surface area contributed by atoms with Crippen molar-refractivity contribution in [1.29, 1.82) is 0 Å². The second-order valence-electron chi connectivity index (χ2n) is 14.2. The van der Waals surface area contributed by atoms with Crippen LogP contribution < -0.4 is 15.0 Å². The smallest absolute Gasteiger partial charge is 0.319 e. The van der Waals surface area contributed by atoms with E-state index in [0.717, 1.165) is 74.8 Å². The quantitative estimate of drug-likeness (QED) is 0.336. The van der Waals surface area contributed by atoms with Gasteiger partial charge in [0.2, 0.25) is 0 Å². The molecule has 0 spiro atoms. The van der Waals surface area contributed by atoms with Crippen LogP contribution in [0.1, 0.15) is 49.7 Å². The lowest BCUT2D eigenvalue weighted by atomic mass is 9.92. The summed E-state index contributed by atoms with van der Waals surface area (Å²) >= 11 is 0. The number of rotatable bonds is 5. The number of pyridine rings is 1. The molecule has 2 N–H and O–H groups in total. The molecule has 2 aliphatic carbocycles. The lowest BCUT2D eigenvalue weighted by molar-refractivity contribution is 0.0829. The third kappa shape index (κ3) is 3.71. The van der Waals surface area contributed by atoms with Gasteiger partial charge in [0.1, 0.15) is 29.4 Å². The predicted octanol–water partition coefficient (Wildman–Crippen LogP) is 4.98. The third-order valence-electron chi connectivity index (χ3n) is 11.8. The highest BCUT2D eigenvalue weighted by atomic mass is 19.1. The standard InChI is InChI=1S/C35H37FN6O2/c36-30-31(26-13-24(43)11-20-6-5-19-3-1-4-25(19)29(20)26)37-14-27-32(30)39-34(40-33(27)41-16-22-7-8-23(17-41)38-22)44-18-35-9-2-10-42(35)15-21-12-28(21)35/h5-6,11,13-14,21-23,28,38,43H,1-4,7-10,12,15-18H2/t21-,22-,23+,28-,35-/m0/s1. The SMILES string of the molecule is Oc1cc(-c2ncc3c(N4C[C@H]5CC[C@@H](C4)N5)nc(OC[C@]45CCCN4C[C@@H]4C[C@@H]45)nc3c2F)c2c3c(ccc2c1)CCC3. The molecule has 8 nitrogen and oxygen atoms in total. The van der Waals surface area contributed by atoms with E-state index in [0.29, 0.717) is 41.4 Å². The van der Waals surface area contributed by atoms with Gasteiger partial charge in [-0.1, -0.05) is 12.1 Å². The maximum Gasteiger partial charge on any atom is 0.319 e. The highest BCUT2D eigenvalue weighted by Crippen LogP contribution is 2.59. The molecule has 0 unspecified atom stereocenters. The van der Waals surface area contributed by atoms with Crippen molar-refractivity contribution in [2.75, 3.05) is 37.7 Å². The second-order valence-corrected chi connectivity index (χ2v) is 14.2. The molecule has 6 aliphatic rings. The molecule has 1 saturated carbocycles. The number of halogens is 1. The Labute approximate surface area is 255 Å². The Bertz CT molecular complexity index is 1850. The molecule has 226 valence electrons. The summed E-state index contributed by atoms with van der Waals surface area (Å²) in [4.78, 5) is 19.4. The molecule has 0 radical (unpaired) electrons. The lowest BCUT2D eigenvalue weighted by Gasteiger charge is -2.35. The van der Waals surface area contributed by atoms with Gasteiger partial charge in [-0.2, -0.15) is 9.97 Å². The average Bonchev–Trinajstić information content (AvgIpc) is 3.35. The number of hydrogen-bond donors (Lipinski definition) is 2. The molecule has 5 atom stereocenters. The molecular weight excluding hydrogens is 555 g/mol. The number of ether oxygens (including phenoxy) is 1. The predicted molar refractivity (Wildman–Crippen MR) is 167 cm³/mol. The lowest BCUT2D eigenvalue weighted by Crippen LogP contribution is -2.51. The topological polar surface area (TPSA) is 86.6 Å². The summed E-state index contributed by atoms with van der Waals surface area (Å²) in [6.07, 6.45) is 10.7. The van der Waals surface area contributed by atoms with Gasteiger partial charge in [0.15, 0.2) is 5.82 Å². The van der Waals surface area contributed by atoms with Crippen LogP contribution in [0.5, 0.6) is 11.8 Å². The fourth-order valence-electron chi connectivity index (χ4n) is 9.72. The molecule has 4 aromatic rings. The molecule has 0 amide bonds. The first kappa shape index (κ1) is 25.7. The van der Waals surface area contributed by atoms with E-state index in [1.807, 2.05) is 6.07 Å². The van der Waals surface area contributed by atoms with E-state index in [-0.39, 0.29) is 28.5 Å². The number of benzene rings is 2. The van der Waals surface area contributed by atoms with Gasteiger partial charge in [0.05, 0.1) is 10.9 Å². The Kier molecular flexibility index (Phi) is 5.40. The molecule has 6 heterocycles. The van der Waals surface area contributed by atoms with Gasteiger partial charge in [-0.3, -0.25) is 9.88 Å². The average molecular weight is 593 g/mol. The van der Waals surface area contributed by atoms with Crippen LogP contribution >= 0.6 is 0 Å². The van der Waals surface area contributed by atoms with Crippen LogP contribution in [0.25, 0.3) is 32.9 Å². The van der Waals surface area contributed by atoms with Crippen LogP contribution in [0.3, 0.4) is 0 Å². The minimum Gasteiger partial charge on any atom is -0.508 e. The van der Waals surface area contributed by atoms with Gasteiger partial charge in [-0.25, -0.2) is 4.39 Å². The minimum absolute atomic E-state index is 0.0696. The zero-order valence-corrected chi connectivity index (χ0v) is 24.9. The number of aromatic nitrogens is 3. The van der Waals surface area contributed by atoms with Crippen molar-refractivity contribution in [2.45, 2.75) is 69.0 Å². The number of aromatic hydroxyl groups is 1. The van der Waals surface area contributed by atoms with Crippen LogP contribution in [0, 0.1) is 17.7 Å². The van der Waals surface area contributed by atoms with Crippen molar-refractivity contribution in [3.8, 4) is 23.0 Å². The zero-order chi connectivity index (χ0) is 29.2. The van der Waals surface area contributed by atoms with Crippen LogP contribution in [0.15, 0.2) is 30.5 Å². The van der Waals surface area contributed by atoms with Gasteiger partial charge in [0.25, 0.3) is 0 Å². The monoisotopic (exact) mass is 592 g/mol. The molecule has 44 heavy (non-hydrogen) atoms. The van der Waals surface area contributed by atoms with E-state index < -0.39 is 5.82 Å². The van der Waals surface area contributed by atoms with Crippen molar-refractivity contribution in [2.24, 2.45) is 11.8 Å². The summed E-state index contributed by atoms with van der Waals surface area (Å²) < 4.78 is 23.5. The van der Waals surface area contributed by atoms with Crippen molar-refractivity contribution < 1.29 is 14.2 Å². The van der Waals surface area contributed by atoms with E-state index in [1.54, 1.807) is 18.3 Å². The molecule has 10 rings (SSSR count). The molecule has 9 heteroatoms.